The molecule has 0 saturated heterocycles. The number of rotatable bonds is 6. The van der Waals surface area contributed by atoms with Gasteiger partial charge in [-0.25, -0.2) is 0 Å². The maximum atomic E-state index is 5.94. The quantitative estimate of drug-likeness (QED) is 0.475. The van der Waals surface area contributed by atoms with Crippen molar-refractivity contribution >= 4 is 33.9 Å². The molecule has 0 aliphatic heterocycles. The van der Waals surface area contributed by atoms with Crippen molar-refractivity contribution in [1.82, 2.24) is 4.98 Å². The van der Waals surface area contributed by atoms with Gasteiger partial charge in [-0.05, 0) is 18.2 Å². The first-order valence-corrected chi connectivity index (χ1v) is 7.03. The maximum Gasteiger partial charge on any atom is 0.0422 e. The minimum absolute atomic E-state index is 0.768. The first kappa shape index (κ1) is 12.8. The van der Waals surface area contributed by atoms with Gasteiger partial charge in [0.25, 0.3) is 0 Å². The van der Waals surface area contributed by atoms with Crippen LogP contribution in [0.4, 0.5) is 11.4 Å². The Kier molecular flexibility index (Phi) is 4.47. The molecule has 0 unspecified atom stereocenters. The number of nitrogens with two attached hydrogens (primary N) is 1. The standard InChI is InChI=1S/C14H17N3S/c1-2-8-18-9-7-17-14-4-3-13(15)12-10-16-6-5-11(12)14/h2-6,10,17H,1,7-9,15H2. The summed E-state index contributed by atoms with van der Waals surface area (Å²) < 4.78 is 0. The zero-order valence-corrected chi connectivity index (χ0v) is 11.0. The van der Waals surface area contributed by atoms with Crippen LogP contribution in [0.2, 0.25) is 0 Å². The van der Waals surface area contributed by atoms with Crippen molar-refractivity contribution in [3.63, 3.8) is 0 Å². The zero-order chi connectivity index (χ0) is 12.8. The van der Waals surface area contributed by atoms with Crippen LogP contribution in [-0.2, 0) is 0 Å². The van der Waals surface area contributed by atoms with E-state index < -0.39 is 0 Å². The lowest BCUT2D eigenvalue weighted by molar-refractivity contribution is 1.23. The molecule has 18 heavy (non-hydrogen) atoms. The fourth-order valence-electron chi connectivity index (χ4n) is 1.79. The molecular formula is C14H17N3S. The summed E-state index contributed by atoms with van der Waals surface area (Å²) in [6, 6.07) is 5.93. The predicted molar refractivity (Wildman–Crippen MR) is 82.2 cm³/mol. The first-order valence-electron chi connectivity index (χ1n) is 5.87. The van der Waals surface area contributed by atoms with Gasteiger partial charge in [-0.2, -0.15) is 11.8 Å². The van der Waals surface area contributed by atoms with Crippen molar-refractivity contribution in [2.24, 2.45) is 0 Å². The molecule has 0 spiro atoms. The molecule has 3 nitrogen and oxygen atoms in total. The Labute approximate surface area is 111 Å². The van der Waals surface area contributed by atoms with Crippen LogP contribution in [0.25, 0.3) is 10.8 Å². The van der Waals surface area contributed by atoms with Crippen molar-refractivity contribution in [3.05, 3.63) is 43.2 Å². The number of nitrogen functional groups attached to an aromatic ring is 1. The van der Waals surface area contributed by atoms with Gasteiger partial charge in [-0.15, -0.1) is 6.58 Å². The molecular weight excluding hydrogens is 242 g/mol. The highest BCUT2D eigenvalue weighted by Gasteiger charge is 2.03. The van der Waals surface area contributed by atoms with E-state index in [-0.39, 0.29) is 0 Å². The third-order valence-corrected chi connectivity index (χ3v) is 3.61. The number of benzene rings is 1. The number of nitrogens with zero attached hydrogens (tertiary/aromatic N) is 1. The monoisotopic (exact) mass is 259 g/mol. The normalized spacial score (nSPS) is 10.4. The molecule has 94 valence electrons. The summed E-state index contributed by atoms with van der Waals surface area (Å²) in [6.07, 6.45) is 5.52. The van der Waals surface area contributed by atoms with Crippen LogP contribution in [0.5, 0.6) is 0 Å². The van der Waals surface area contributed by atoms with Crippen LogP contribution in [-0.4, -0.2) is 23.0 Å². The largest absolute Gasteiger partial charge is 0.398 e. The first-order chi connectivity index (χ1) is 8.83. The van der Waals surface area contributed by atoms with Gasteiger partial charge >= 0.3 is 0 Å². The minimum atomic E-state index is 0.768. The number of fused-ring (bicyclic) bond motifs is 1. The number of pyridine rings is 1. The molecule has 0 saturated carbocycles. The summed E-state index contributed by atoms with van der Waals surface area (Å²) in [5.74, 6) is 2.05. The maximum absolute atomic E-state index is 5.94. The molecule has 3 N–H and O–H groups in total. The average molecular weight is 259 g/mol. The Morgan fingerprint density at radius 3 is 3.06 bits per heavy atom. The molecule has 1 aromatic heterocycles. The van der Waals surface area contributed by atoms with Gasteiger partial charge < -0.3 is 11.1 Å². The van der Waals surface area contributed by atoms with Crippen LogP contribution in [0.3, 0.4) is 0 Å². The van der Waals surface area contributed by atoms with Gasteiger partial charge in [0.2, 0.25) is 0 Å². The molecule has 0 radical (unpaired) electrons. The topological polar surface area (TPSA) is 50.9 Å². The van der Waals surface area contributed by atoms with Crippen molar-refractivity contribution in [2.75, 3.05) is 29.1 Å². The molecule has 2 aromatic rings. The molecule has 0 aliphatic rings. The predicted octanol–water partition coefficient (Wildman–Crippen LogP) is 3.15. The Balaban J connectivity index is 2.09. The van der Waals surface area contributed by atoms with Gasteiger partial charge in [-0.3, -0.25) is 4.98 Å². The number of hydrogen-bond acceptors (Lipinski definition) is 4. The molecule has 4 heteroatoms. The van der Waals surface area contributed by atoms with Crippen LogP contribution < -0.4 is 11.1 Å². The SMILES string of the molecule is C=CCSCCNc1ccc(N)c2cnccc12. The second-order valence-corrected chi connectivity index (χ2v) is 5.06. The van der Waals surface area contributed by atoms with Crippen molar-refractivity contribution in [1.29, 1.82) is 0 Å². The van der Waals surface area contributed by atoms with E-state index in [2.05, 4.69) is 16.9 Å². The molecule has 0 amide bonds. The highest BCUT2D eigenvalue weighted by molar-refractivity contribution is 7.99. The number of hydrogen-bond donors (Lipinski definition) is 2. The summed E-state index contributed by atoms with van der Waals surface area (Å²) in [5.41, 5.74) is 7.82. The molecule has 0 aliphatic carbocycles. The zero-order valence-electron chi connectivity index (χ0n) is 10.2. The number of anilines is 2. The molecule has 1 heterocycles. The smallest absolute Gasteiger partial charge is 0.0422 e. The summed E-state index contributed by atoms with van der Waals surface area (Å²) in [4.78, 5) is 4.11. The Morgan fingerprint density at radius 2 is 2.22 bits per heavy atom. The second-order valence-electron chi connectivity index (χ2n) is 3.91. The summed E-state index contributed by atoms with van der Waals surface area (Å²) >= 11 is 1.86. The number of thioether (sulfide) groups is 1. The van der Waals surface area contributed by atoms with Crippen molar-refractivity contribution in [2.45, 2.75) is 0 Å². The van der Waals surface area contributed by atoms with E-state index in [0.29, 0.717) is 0 Å². The van der Waals surface area contributed by atoms with Gasteiger partial charge in [0.1, 0.15) is 0 Å². The van der Waals surface area contributed by atoms with Gasteiger partial charge in [-0.1, -0.05) is 6.08 Å². The fraction of sp³-hybridized carbons (Fsp3) is 0.214. The molecule has 0 atom stereocenters. The average Bonchev–Trinajstić information content (AvgIpc) is 2.41. The summed E-state index contributed by atoms with van der Waals surface area (Å²) in [6.45, 7) is 4.64. The van der Waals surface area contributed by atoms with Crippen molar-refractivity contribution in [3.8, 4) is 0 Å². The number of aromatic nitrogens is 1. The van der Waals surface area contributed by atoms with E-state index >= 15 is 0 Å². The molecule has 0 bridgehead atoms. The lowest BCUT2D eigenvalue weighted by Gasteiger charge is -2.10. The highest BCUT2D eigenvalue weighted by Crippen LogP contribution is 2.27. The van der Waals surface area contributed by atoms with E-state index in [4.69, 9.17) is 5.73 Å². The fourth-order valence-corrected chi connectivity index (χ4v) is 2.37. The van der Waals surface area contributed by atoms with Crippen LogP contribution in [0.15, 0.2) is 43.2 Å². The Bertz CT molecular complexity index is 540. The van der Waals surface area contributed by atoms with Crippen LogP contribution >= 0.6 is 11.8 Å². The minimum Gasteiger partial charge on any atom is -0.398 e. The van der Waals surface area contributed by atoms with Gasteiger partial charge in [0.05, 0.1) is 0 Å². The van der Waals surface area contributed by atoms with Crippen LogP contribution in [0.1, 0.15) is 0 Å². The van der Waals surface area contributed by atoms with Gasteiger partial charge in [0, 0.05) is 52.6 Å². The lowest BCUT2D eigenvalue weighted by atomic mass is 10.1. The van der Waals surface area contributed by atoms with Crippen LogP contribution in [0, 0.1) is 0 Å². The third-order valence-electron chi connectivity index (χ3n) is 2.65. The van der Waals surface area contributed by atoms with E-state index in [0.717, 1.165) is 40.2 Å². The van der Waals surface area contributed by atoms with Crippen molar-refractivity contribution < 1.29 is 0 Å². The highest BCUT2D eigenvalue weighted by atomic mass is 32.2. The number of nitrogens with one attached hydrogen (secondary N) is 1. The third kappa shape index (κ3) is 2.96. The molecule has 0 fully saturated rings. The Hall–Kier alpha value is -1.68. The van der Waals surface area contributed by atoms with E-state index in [1.165, 1.54) is 0 Å². The summed E-state index contributed by atoms with van der Waals surface area (Å²) in [7, 11) is 0. The summed E-state index contributed by atoms with van der Waals surface area (Å²) in [5, 5.41) is 5.56. The van der Waals surface area contributed by atoms with E-state index in [1.54, 1.807) is 6.20 Å². The van der Waals surface area contributed by atoms with Gasteiger partial charge in [0.15, 0.2) is 0 Å². The lowest BCUT2D eigenvalue weighted by Crippen LogP contribution is -2.05. The van der Waals surface area contributed by atoms with E-state index in [1.807, 2.05) is 42.2 Å². The van der Waals surface area contributed by atoms with E-state index in [9.17, 15) is 0 Å². The Morgan fingerprint density at radius 1 is 1.33 bits per heavy atom. The second kappa shape index (κ2) is 6.31. The molecule has 1 aromatic carbocycles. The molecule has 2 rings (SSSR count).